The average molecular weight is 306 g/mol. The Morgan fingerprint density at radius 3 is 2.52 bits per heavy atom. The van der Waals surface area contributed by atoms with Crippen LogP contribution in [0, 0.1) is 5.92 Å². The van der Waals surface area contributed by atoms with Crippen LogP contribution in [-0.2, 0) is 0 Å². The summed E-state index contributed by atoms with van der Waals surface area (Å²) < 4.78 is 5.95. The van der Waals surface area contributed by atoms with Gasteiger partial charge in [0.05, 0.1) is 6.10 Å². The molecule has 4 heteroatoms. The van der Waals surface area contributed by atoms with Gasteiger partial charge in [0.2, 0.25) is 0 Å². The Kier molecular flexibility index (Phi) is 6.30. The molecular weight excluding hydrogens is 280 g/mol. The first-order chi connectivity index (χ1) is 10.1. The molecular formula is C17H26N2OS. The van der Waals surface area contributed by atoms with E-state index in [2.05, 4.69) is 24.5 Å². The van der Waals surface area contributed by atoms with Crippen molar-refractivity contribution in [1.29, 1.82) is 0 Å². The van der Waals surface area contributed by atoms with Crippen molar-refractivity contribution in [3.63, 3.8) is 0 Å². The summed E-state index contributed by atoms with van der Waals surface area (Å²) >= 11 is 5.28. The molecule has 0 unspecified atom stereocenters. The van der Waals surface area contributed by atoms with Gasteiger partial charge in [-0.1, -0.05) is 13.8 Å². The third-order valence-electron chi connectivity index (χ3n) is 3.72. The molecule has 0 spiro atoms. The molecule has 1 aromatic carbocycles. The summed E-state index contributed by atoms with van der Waals surface area (Å²) in [5.74, 6) is 1.64. The second-order valence-corrected chi connectivity index (χ2v) is 6.52. The van der Waals surface area contributed by atoms with E-state index in [-0.39, 0.29) is 0 Å². The third-order valence-corrected chi connectivity index (χ3v) is 3.97. The zero-order valence-corrected chi connectivity index (χ0v) is 13.8. The van der Waals surface area contributed by atoms with Gasteiger partial charge in [0, 0.05) is 12.2 Å². The number of thiocarbonyl (C=S) groups is 1. The Morgan fingerprint density at radius 2 is 1.90 bits per heavy atom. The maximum atomic E-state index is 5.95. The fourth-order valence-electron chi connectivity index (χ4n) is 2.47. The van der Waals surface area contributed by atoms with Crippen LogP contribution in [0.5, 0.6) is 5.75 Å². The van der Waals surface area contributed by atoms with Crippen molar-refractivity contribution in [3.8, 4) is 5.75 Å². The monoisotopic (exact) mass is 306 g/mol. The first-order valence-corrected chi connectivity index (χ1v) is 8.36. The summed E-state index contributed by atoms with van der Waals surface area (Å²) in [5, 5.41) is 7.11. The molecule has 1 fully saturated rings. The Hall–Kier alpha value is -1.29. The van der Waals surface area contributed by atoms with Crippen LogP contribution in [-0.4, -0.2) is 17.8 Å². The summed E-state index contributed by atoms with van der Waals surface area (Å²) in [6.45, 7) is 5.33. The highest BCUT2D eigenvalue weighted by Gasteiger charge is 2.16. The highest BCUT2D eigenvalue weighted by molar-refractivity contribution is 7.80. The van der Waals surface area contributed by atoms with Crippen molar-refractivity contribution in [3.05, 3.63) is 24.3 Å². The molecule has 1 saturated carbocycles. The first kappa shape index (κ1) is 16.1. The van der Waals surface area contributed by atoms with Crippen LogP contribution in [0.4, 0.5) is 5.69 Å². The largest absolute Gasteiger partial charge is 0.490 e. The van der Waals surface area contributed by atoms with Gasteiger partial charge in [-0.15, -0.1) is 0 Å². The van der Waals surface area contributed by atoms with E-state index in [9.17, 15) is 0 Å². The van der Waals surface area contributed by atoms with Crippen molar-refractivity contribution < 1.29 is 4.74 Å². The molecule has 0 radical (unpaired) electrons. The fraction of sp³-hybridized carbons (Fsp3) is 0.588. The maximum absolute atomic E-state index is 5.95. The van der Waals surface area contributed by atoms with Crippen molar-refractivity contribution in [1.82, 2.24) is 5.32 Å². The quantitative estimate of drug-likeness (QED) is 0.766. The van der Waals surface area contributed by atoms with Crippen molar-refractivity contribution >= 4 is 23.0 Å². The van der Waals surface area contributed by atoms with Gasteiger partial charge >= 0.3 is 0 Å². The molecule has 21 heavy (non-hydrogen) atoms. The minimum absolute atomic E-state index is 0.405. The van der Waals surface area contributed by atoms with Crippen LogP contribution in [0.25, 0.3) is 0 Å². The van der Waals surface area contributed by atoms with E-state index in [1.165, 1.54) is 25.7 Å². The molecule has 1 aliphatic carbocycles. The number of ether oxygens (including phenoxy) is 1. The van der Waals surface area contributed by atoms with Crippen LogP contribution < -0.4 is 15.4 Å². The van der Waals surface area contributed by atoms with E-state index in [4.69, 9.17) is 17.0 Å². The summed E-state index contributed by atoms with van der Waals surface area (Å²) in [5.41, 5.74) is 0.996. The molecule has 0 bridgehead atoms. The molecule has 0 aliphatic heterocycles. The van der Waals surface area contributed by atoms with E-state index in [0.29, 0.717) is 17.1 Å². The van der Waals surface area contributed by atoms with E-state index >= 15 is 0 Å². The number of anilines is 1. The molecule has 0 atom stereocenters. The van der Waals surface area contributed by atoms with Crippen LogP contribution in [0.15, 0.2) is 24.3 Å². The van der Waals surface area contributed by atoms with Crippen LogP contribution in [0.2, 0.25) is 0 Å². The topological polar surface area (TPSA) is 33.3 Å². The molecule has 2 N–H and O–H groups in total. The Bertz CT molecular complexity index is 439. The smallest absolute Gasteiger partial charge is 0.170 e. The predicted molar refractivity (Wildman–Crippen MR) is 93.0 cm³/mol. The zero-order chi connectivity index (χ0) is 15.1. The molecule has 1 aromatic rings. The van der Waals surface area contributed by atoms with Crippen molar-refractivity contribution in [2.45, 2.75) is 52.1 Å². The number of benzene rings is 1. The Labute approximate surface area is 133 Å². The number of rotatable bonds is 6. The van der Waals surface area contributed by atoms with Crippen LogP contribution in [0.3, 0.4) is 0 Å². The normalized spacial score (nSPS) is 15.2. The van der Waals surface area contributed by atoms with Crippen LogP contribution in [0.1, 0.15) is 46.0 Å². The highest BCUT2D eigenvalue weighted by atomic mass is 32.1. The molecule has 0 amide bonds. The minimum atomic E-state index is 0.405. The average Bonchev–Trinajstić information content (AvgIpc) is 2.93. The zero-order valence-electron chi connectivity index (χ0n) is 13.0. The first-order valence-electron chi connectivity index (χ1n) is 7.95. The second kappa shape index (κ2) is 8.23. The van der Waals surface area contributed by atoms with Gasteiger partial charge in [-0.2, -0.15) is 0 Å². The summed E-state index contributed by atoms with van der Waals surface area (Å²) in [6, 6.07) is 8.05. The summed E-state index contributed by atoms with van der Waals surface area (Å²) in [7, 11) is 0. The van der Waals surface area contributed by atoms with Gasteiger partial charge in [0.25, 0.3) is 0 Å². The summed E-state index contributed by atoms with van der Waals surface area (Å²) in [4.78, 5) is 0. The van der Waals surface area contributed by atoms with Gasteiger partial charge < -0.3 is 15.4 Å². The molecule has 2 rings (SSSR count). The maximum Gasteiger partial charge on any atom is 0.170 e. The third kappa shape index (κ3) is 5.92. The highest BCUT2D eigenvalue weighted by Crippen LogP contribution is 2.24. The minimum Gasteiger partial charge on any atom is -0.490 e. The lowest BCUT2D eigenvalue weighted by Gasteiger charge is -2.14. The van der Waals surface area contributed by atoms with Gasteiger partial charge in [-0.05, 0) is 74.5 Å². The lowest BCUT2D eigenvalue weighted by Crippen LogP contribution is -2.29. The second-order valence-electron chi connectivity index (χ2n) is 6.11. The van der Waals surface area contributed by atoms with Gasteiger partial charge in [0.15, 0.2) is 5.11 Å². The lowest BCUT2D eigenvalue weighted by atomic mass is 10.1. The number of hydrogen-bond donors (Lipinski definition) is 2. The van der Waals surface area contributed by atoms with Crippen molar-refractivity contribution in [2.75, 3.05) is 11.9 Å². The Balaban J connectivity index is 1.74. The molecule has 1 aliphatic rings. The number of hydrogen-bond acceptors (Lipinski definition) is 2. The van der Waals surface area contributed by atoms with Gasteiger partial charge in [-0.25, -0.2) is 0 Å². The van der Waals surface area contributed by atoms with E-state index in [1.54, 1.807) is 0 Å². The van der Waals surface area contributed by atoms with Gasteiger partial charge in [-0.3, -0.25) is 0 Å². The Morgan fingerprint density at radius 1 is 1.24 bits per heavy atom. The molecule has 0 heterocycles. The predicted octanol–water partition coefficient (Wildman–Crippen LogP) is 4.34. The fourth-order valence-corrected chi connectivity index (χ4v) is 2.69. The standard InChI is InChI=1S/C17H26N2OS/c1-13(2)11-12-18-17(21)19-14-7-9-16(10-8-14)20-15-5-3-4-6-15/h7-10,13,15H,3-6,11-12H2,1-2H3,(H2,18,19,21). The summed E-state index contributed by atoms with van der Waals surface area (Å²) in [6.07, 6.45) is 6.48. The van der Waals surface area contributed by atoms with E-state index in [0.717, 1.165) is 24.4 Å². The SMILES string of the molecule is CC(C)CCNC(=S)Nc1ccc(OC2CCCC2)cc1. The van der Waals surface area contributed by atoms with E-state index < -0.39 is 0 Å². The van der Waals surface area contributed by atoms with Gasteiger partial charge in [0.1, 0.15) is 5.75 Å². The number of nitrogens with one attached hydrogen (secondary N) is 2. The molecule has 0 aromatic heterocycles. The molecule has 0 saturated heterocycles. The lowest BCUT2D eigenvalue weighted by molar-refractivity contribution is 0.210. The van der Waals surface area contributed by atoms with Crippen LogP contribution >= 0.6 is 12.2 Å². The molecule has 3 nitrogen and oxygen atoms in total. The van der Waals surface area contributed by atoms with Crippen molar-refractivity contribution in [2.24, 2.45) is 5.92 Å². The van der Waals surface area contributed by atoms with E-state index in [1.807, 2.05) is 24.3 Å². The molecule has 116 valence electrons.